The largest absolute Gasteiger partial charge is 0.494 e. The van der Waals surface area contributed by atoms with Gasteiger partial charge in [-0.1, -0.05) is 12.1 Å². The van der Waals surface area contributed by atoms with Crippen LogP contribution in [0.15, 0.2) is 41.3 Å². The van der Waals surface area contributed by atoms with Crippen molar-refractivity contribution < 1.29 is 36.6 Å². The number of benzene rings is 1. The summed E-state index contributed by atoms with van der Waals surface area (Å²) in [7, 11) is -3.66. The van der Waals surface area contributed by atoms with E-state index in [1.54, 1.807) is 6.92 Å². The summed E-state index contributed by atoms with van der Waals surface area (Å²) in [5.74, 6) is 0.0535. The molecule has 4 fully saturated rings. The van der Waals surface area contributed by atoms with Gasteiger partial charge in [-0.25, -0.2) is 13.8 Å². The van der Waals surface area contributed by atoms with Gasteiger partial charge in [0.25, 0.3) is 22.2 Å². The first-order valence-electron chi connectivity index (χ1n) is 19.0. The van der Waals surface area contributed by atoms with Crippen LogP contribution in [0.4, 0.5) is 14.7 Å². The summed E-state index contributed by atoms with van der Waals surface area (Å²) in [6.45, 7) is 5.45. The van der Waals surface area contributed by atoms with Crippen molar-refractivity contribution in [2.24, 2.45) is 0 Å². The minimum Gasteiger partial charge on any atom is -0.494 e. The Hall–Kier alpha value is -4.10. The van der Waals surface area contributed by atoms with Crippen LogP contribution in [0.3, 0.4) is 0 Å². The van der Waals surface area contributed by atoms with Gasteiger partial charge in [0.1, 0.15) is 11.4 Å². The molecule has 1 aromatic carbocycles. The van der Waals surface area contributed by atoms with E-state index in [4.69, 9.17) is 4.74 Å². The molecule has 3 atom stereocenters. The van der Waals surface area contributed by atoms with Crippen molar-refractivity contribution in [1.82, 2.24) is 33.4 Å². The number of nitrogens with zero attached hydrogens (tertiary/aromatic N) is 6. The van der Waals surface area contributed by atoms with E-state index in [-0.39, 0.29) is 40.8 Å². The number of hydrogen-bond acceptors (Lipinski definition) is 11. The molecule has 7 rings (SSSR count). The summed E-state index contributed by atoms with van der Waals surface area (Å²) in [4.78, 5) is 47.9. The second kappa shape index (κ2) is 16.2. The number of carbonyl (C=O) groups is 2. The number of amides is 2. The zero-order valence-electron chi connectivity index (χ0n) is 30.8. The fourth-order valence-corrected chi connectivity index (χ4v) is 9.86. The van der Waals surface area contributed by atoms with Crippen molar-refractivity contribution in [3.63, 3.8) is 0 Å². The maximum atomic E-state index is 13.8. The SMILES string of the molecule is C[C@@]1(O)CCC[C@H]1n1c(=O)c(C(F)F)cc2cnc(NC3CCN(S(=O)(=O)N4CCN(CCCOc5ccc(C6CCC(=O)NC6=O)cc5)CC4)CC3)nc21. The van der Waals surface area contributed by atoms with E-state index in [9.17, 15) is 36.7 Å². The number of fused-ring (bicyclic) bond motifs is 1. The lowest BCUT2D eigenvalue weighted by Gasteiger charge is -2.39. The highest BCUT2D eigenvalue weighted by atomic mass is 32.2. The highest BCUT2D eigenvalue weighted by Gasteiger charge is 2.41. The van der Waals surface area contributed by atoms with Gasteiger partial charge in [-0.15, -0.1) is 0 Å². The number of ether oxygens (including phenoxy) is 1. The smallest absolute Gasteiger partial charge is 0.282 e. The monoisotopic (exact) mass is 786 g/mol. The Morgan fingerprint density at radius 2 is 1.73 bits per heavy atom. The van der Waals surface area contributed by atoms with Crippen molar-refractivity contribution in [3.05, 3.63) is 58.0 Å². The summed E-state index contributed by atoms with van der Waals surface area (Å²) < 4.78 is 65.0. The van der Waals surface area contributed by atoms with Gasteiger partial charge < -0.3 is 20.1 Å². The van der Waals surface area contributed by atoms with Crippen LogP contribution in [-0.2, 0) is 19.8 Å². The highest BCUT2D eigenvalue weighted by Crippen LogP contribution is 2.40. The molecule has 2 amide bonds. The van der Waals surface area contributed by atoms with Crippen LogP contribution in [0, 0.1) is 0 Å². The van der Waals surface area contributed by atoms with E-state index in [2.05, 4.69) is 25.5 Å². The third-order valence-electron chi connectivity index (χ3n) is 11.4. The number of rotatable bonds is 12. The summed E-state index contributed by atoms with van der Waals surface area (Å²) in [6.07, 6.45) is 2.51. The van der Waals surface area contributed by atoms with Crippen molar-refractivity contribution in [1.29, 1.82) is 0 Å². The van der Waals surface area contributed by atoms with Crippen LogP contribution in [0.2, 0.25) is 0 Å². The van der Waals surface area contributed by atoms with Crippen LogP contribution in [0.25, 0.3) is 11.0 Å². The number of alkyl halides is 2. The van der Waals surface area contributed by atoms with Gasteiger partial charge in [-0.05, 0) is 75.6 Å². The first-order chi connectivity index (χ1) is 26.3. The normalized spacial score (nSPS) is 25.1. The number of aromatic nitrogens is 3. The predicted molar refractivity (Wildman–Crippen MR) is 199 cm³/mol. The number of piperazine rings is 1. The van der Waals surface area contributed by atoms with Crippen molar-refractivity contribution >= 4 is 39.0 Å². The number of aliphatic hydroxyl groups is 1. The van der Waals surface area contributed by atoms with E-state index in [0.717, 1.165) is 24.6 Å². The Bertz CT molecular complexity index is 2050. The lowest BCUT2D eigenvalue weighted by molar-refractivity contribution is -0.134. The second-order valence-electron chi connectivity index (χ2n) is 15.2. The van der Waals surface area contributed by atoms with Crippen LogP contribution in [0.1, 0.15) is 87.8 Å². The molecule has 2 aromatic heterocycles. The van der Waals surface area contributed by atoms with Crippen molar-refractivity contribution in [3.8, 4) is 5.75 Å². The third kappa shape index (κ3) is 8.52. The average molecular weight is 787 g/mol. The van der Waals surface area contributed by atoms with Gasteiger partial charge in [-0.3, -0.25) is 24.3 Å². The number of nitrogens with one attached hydrogen (secondary N) is 2. The number of piperidine rings is 2. The average Bonchev–Trinajstić information content (AvgIpc) is 3.51. The van der Waals surface area contributed by atoms with Gasteiger partial charge in [-0.2, -0.15) is 22.0 Å². The van der Waals surface area contributed by atoms with Gasteiger partial charge in [0.15, 0.2) is 0 Å². The molecule has 4 aliphatic rings. The number of carbonyl (C=O) groups excluding carboxylic acids is 2. The number of imide groups is 1. The Morgan fingerprint density at radius 3 is 2.38 bits per heavy atom. The maximum absolute atomic E-state index is 13.8. The Labute approximate surface area is 318 Å². The molecular weight excluding hydrogens is 739 g/mol. The summed E-state index contributed by atoms with van der Waals surface area (Å²) >= 11 is 0. The van der Waals surface area contributed by atoms with E-state index in [0.29, 0.717) is 96.6 Å². The minimum absolute atomic E-state index is 0.152. The molecule has 55 heavy (non-hydrogen) atoms. The fourth-order valence-electron chi connectivity index (χ4n) is 8.24. The molecule has 0 bridgehead atoms. The Balaban J connectivity index is 0.871. The van der Waals surface area contributed by atoms with Gasteiger partial charge >= 0.3 is 0 Å². The molecule has 15 nitrogen and oxygen atoms in total. The molecule has 3 saturated heterocycles. The zero-order valence-corrected chi connectivity index (χ0v) is 31.6. The molecule has 1 unspecified atom stereocenters. The Morgan fingerprint density at radius 1 is 1.02 bits per heavy atom. The molecule has 18 heteroatoms. The van der Waals surface area contributed by atoms with Crippen LogP contribution < -0.4 is 20.9 Å². The van der Waals surface area contributed by atoms with Crippen LogP contribution in [0.5, 0.6) is 5.75 Å². The third-order valence-corrected chi connectivity index (χ3v) is 13.4. The van der Waals surface area contributed by atoms with E-state index in [1.807, 2.05) is 24.3 Å². The molecule has 1 saturated carbocycles. The molecule has 3 aromatic rings. The maximum Gasteiger partial charge on any atom is 0.282 e. The van der Waals surface area contributed by atoms with Gasteiger partial charge in [0, 0.05) is 69.9 Å². The lowest BCUT2D eigenvalue weighted by Crippen LogP contribution is -2.55. The van der Waals surface area contributed by atoms with Crippen LogP contribution in [-0.4, -0.2) is 117 Å². The van der Waals surface area contributed by atoms with E-state index >= 15 is 0 Å². The lowest BCUT2D eigenvalue weighted by atomic mass is 9.90. The molecule has 3 N–H and O–H groups in total. The summed E-state index contributed by atoms with van der Waals surface area (Å²) in [5.41, 5.74) is -1.77. The van der Waals surface area contributed by atoms with Crippen molar-refractivity contribution in [2.75, 3.05) is 57.7 Å². The number of halogens is 2. The molecule has 1 aliphatic carbocycles. The highest BCUT2D eigenvalue weighted by molar-refractivity contribution is 7.86. The predicted octanol–water partition coefficient (Wildman–Crippen LogP) is 2.93. The fraction of sp³-hybridized carbons (Fsp3) is 0.595. The van der Waals surface area contributed by atoms with Gasteiger partial charge in [0.2, 0.25) is 17.8 Å². The quantitative estimate of drug-likeness (QED) is 0.182. The van der Waals surface area contributed by atoms with E-state index < -0.39 is 39.4 Å². The molecule has 0 radical (unpaired) electrons. The Kier molecular flexibility index (Phi) is 11.5. The second-order valence-corrected chi connectivity index (χ2v) is 17.1. The van der Waals surface area contributed by atoms with Crippen LogP contribution >= 0.6 is 0 Å². The molecule has 0 spiro atoms. The topological polar surface area (TPSA) is 179 Å². The number of hydrogen-bond donors (Lipinski definition) is 3. The summed E-state index contributed by atoms with van der Waals surface area (Å²) in [6, 6.07) is 7.62. The minimum atomic E-state index is -3.66. The standard InChI is InChI=1S/C37H48F2N8O7S/c1-37(51)13-2-4-30(37)47-33-25(22-29(32(38)39)35(47)50)23-40-36(43-33)41-26-11-15-45(16-12-26)55(52,53)46-19-17-44(18-20-46)14-3-21-54-27-7-5-24(6-8-27)28-9-10-31(48)42-34(28)49/h5-8,22-23,26,28,30,32,51H,2-4,9-21H2,1H3,(H,40,41,43)(H,42,48,49)/t28?,30-,37-/m1/s1. The molecule has 3 aliphatic heterocycles. The van der Waals surface area contributed by atoms with Gasteiger partial charge in [0.05, 0.1) is 29.7 Å². The first kappa shape index (κ1) is 39.1. The molecule has 5 heterocycles. The molecule has 298 valence electrons. The number of pyridine rings is 1. The summed E-state index contributed by atoms with van der Waals surface area (Å²) in [5, 5.41) is 16.9. The number of anilines is 1. The van der Waals surface area contributed by atoms with E-state index in [1.165, 1.54) is 19.4 Å². The zero-order chi connectivity index (χ0) is 38.9. The molecular formula is C37H48F2N8O7S. The first-order valence-corrected chi connectivity index (χ1v) is 20.4. The van der Waals surface area contributed by atoms with Crippen molar-refractivity contribution in [2.45, 2.75) is 88.3 Å².